The fourth-order valence-electron chi connectivity index (χ4n) is 2.80. The average molecular weight is 273 g/mol. The zero-order valence-electron chi connectivity index (χ0n) is 10.2. The molecule has 0 spiro atoms. The molecule has 0 amide bonds. The summed E-state index contributed by atoms with van der Waals surface area (Å²) in [6, 6.07) is 0. The number of fused-ring (bicyclic) bond motifs is 2. The number of alkyl halides is 3. The van der Waals surface area contributed by atoms with E-state index in [9.17, 15) is 13.2 Å². The smallest absolute Gasteiger partial charge is 0.493 e. The number of allylic oxidation sites excluding steroid dienone is 4. The molecule has 1 unspecified atom stereocenters. The van der Waals surface area contributed by atoms with Crippen molar-refractivity contribution in [2.75, 3.05) is 19.7 Å². The van der Waals surface area contributed by atoms with Crippen LogP contribution in [0.25, 0.3) is 0 Å². The summed E-state index contributed by atoms with van der Waals surface area (Å²) in [7, 11) is 0. The Morgan fingerprint density at radius 2 is 2.16 bits per heavy atom. The van der Waals surface area contributed by atoms with Gasteiger partial charge in [-0.05, 0) is 30.1 Å². The number of halogens is 3. The van der Waals surface area contributed by atoms with Crippen molar-refractivity contribution >= 4 is 0 Å². The van der Waals surface area contributed by atoms with Crippen LogP contribution < -0.4 is 5.32 Å². The summed E-state index contributed by atoms with van der Waals surface area (Å²) in [5.41, 5.74) is 2.02. The molecule has 6 heteroatoms. The summed E-state index contributed by atoms with van der Waals surface area (Å²) in [5, 5.41) is 3.27. The van der Waals surface area contributed by atoms with E-state index < -0.39 is 6.36 Å². The van der Waals surface area contributed by atoms with E-state index in [2.05, 4.69) is 10.1 Å². The molecular weight excluding hydrogens is 259 g/mol. The Morgan fingerprint density at radius 1 is 1.32 bits per heavy atom. The summed E-state index contributed by atoms with van der Waals surface area (Å²) in [6.07, 6.45) is -0.665. The second-order valence-corrected chi connectivity index (χ2v) is 4.86. The first-order valence-electron chi connectivity index (χ1n) is 6.25. The van der Waals surface area contributed by atoms with Gasteiger partial charge >= 0.3 is 6.36 Å². The quantitative estimate of drug-likeness (QED) is 0.796. The van der Waals surface area contributed by atoms with Crippen molar-refractivity contribution in [2.45, 2.75) is 19.2 Å². The molecule has 104 valence electrons. The predicted octanol–water partition coefficient (Wildman–Crippen LogP) is 2.63. The van der Waals surface area contributed by atoms with Gasteiger partial charge in [0.2, 0.25) is 0 Å². The zero-order chi connectivity index (χ0) is 13.5. The summed E-state index contributed by atoms with van der Waals surface area (Å²) < 4.78 is 46.4. The third-order valence-corrected chi connectivity index (χ3v) is 3.63. The van der Waals surface area contributed by atoms with Crippen LogP contribution in [0.2, 0.25) is 0 Å². The van der Waals surface area contributed by atoms with Gasteiger partial charge in [-0.25, -0.2) is 0 Å². The minimum Gasteiger partial charge on any atom is -0.493 e. The lowest BCUT2D eigenvalue weighted by Gasteiger charge is -2.20. The van der Waals surface area contributed by atoms with Crippen molar-refractivity contribution in [3.05, 3.63) is 34.8 Å². The molecule has 1 aliphatic carbocycles. The maximum Gasteiger partial charge on any atom is 0.572 e. The number of hydrogen-bond donors (Lipinski definition) is 1. The van der Waals surface area contributed by atoms with Crippen molar-refractivity contribution in [3.8, 4) is 0 Å². The Morgan fingerprint density at radius 3 is 2.95 bits per heavy atom. The highest BCUT2D eigenvalue weighted by atomic mass is 19.4. The summed E-state index contributed by atoms with van der Waals surface area (Å²) in [6.45, 7) is 2.20. The second kappa shape index (κ2) is 4.59. The van der Waals surface area contributed by atoms with Gasteiger partial charge in [0.15, 0.2) is 0 Å². The molecule has 19 heavy (non-hydrogen) atoms. The fraction of sp³-hybridized carbons (Fsp3) is 0.538. The first kappa shape index (κ1) is 12.6. The molecular formula is C13H14F3NO2. The molecule has 2 aliphatic heterocycles. The van der Waals surface area contributed by atoms with Crippen LogP contribution in [-0.4, -0.2) is 26.1 Å². The monoisotopic (exact) mass is 273 g/mol. The highest BCUT2D eigenvalue weighted by Crippen LogP contribution is 2.38. The standard InChI is InChI=1S/C13H14F3NO2/c14-13(15,16)19-9-1-2-12-10(5-9)11-7-17-6-8(11)3-4-18-12/h1-2,8,17H,3-7H2. The molecule has 2 heterocycles. The number of nitrogens with one attached hydrogen (secondary N) is 1. The van der Waals surface area contributed by atoms with Crippen molar-refractivity contribution in [1.82, 2.24) is 5.32 Å². The van der Waals surface area contributed by atoms with Gasteiger partial charge in [-0.2, -0.15) is 0 Å². The van der Waals surface area contributed by atoms with E-state index in [4.69, 9.17) is 4.74 Å². The summed E-state index contributed by atoms with van der Waals surface area (Å²) in [5.74, 6) is 0.983. The normalized spacial score (nSPS) is 26.8. The van der Waals surface area contributed by atoms with E-state index >= 15 is 0 Å². The third-order valence-electron chi connectivity index (χ3n) is 3.63. The molecule has 0 radical (unpaired) electrons. The Balaban J connectivity index is 1.89. The maximum atomic E-state index is 12.3. The first-order valence-corrected chi connectivity index (χ1v) is 6.25. The molecule has 1 saturated heterocycles. The van der Waals surface area contributed by atoms with Crippen molar-refractivity contribution < 1.29 is 22.6 Å². The van der Waals surface area contributed by atoms with E-state index in [1.807, 2.05) is 0 Å². The molecule has 0 bridgehead atoms. The number of ether oxygens (including phenoxy) is 2. The molecule has 3 nitrogen and oxygen atoms in total. The lowest BCUT2D eigenvalue weighted by molar-refractivity contribution is -0.306. The lowest BCUT2D eigenvalue weighted by atomic mass is 9.91. The van der Waals surface area contributed by atoms with Crippen molar-refractivity contribution in [3.63, 3.8) is 0 Å². The highest BCUT2D eigenvalue weighted by Gasteiger charge is 2.35. The lowest BCUT2D eigenvalue weighted by Crippen LogP contribution is -2.16. The van der Waals surface area contributed by atoms with Crippen LogP contribution in [0.4, 0.5) is 13.2 Å². The van der Waals surface area contributed by atoms with Gasteiger partial charge in [-0.1, -0.05) is 0 Å². The Labute approximate surface area is 108 Å². The summed E-state index contributed by atoms with van der Waals surface area (Å²) >= 11 is 0. The predicted molar refractivity (Wildman–Crippen MR) is 61.9 cm³/mol. The molecule has 0 aromatic carbocycles. The first-order chi connectivity index (χ1) is 9.03. The molecule has 1 N–H and O–H groups in total. The Hall–Kier alpha value is -1.43. The number of rotatable bonds is 1. The Bertz CT molecular complexity index is 477. The highest BCUT2D eigenvalue weighted by molar-refractivity contribution is 5.43. The maximum absolute atomic E-state index is 12.3. The van der Waals surface area contributed by atoms with Gasteiger partial charge < -0.3 is 14.8 Å². The van der Waals surface area contributed by atoms with E-state index in [0.29, 0.717) is 18.3 Å². The topological polar surface area (TPSA) is 30.5 Å². The van der Waals surface area contributed by atoms with Crippen LogP contribution in [-0.2, 0) is 9.47 Å². The van der Waals surface area contributed by atoms with Crippen LogP contribution in [0.15, 0.2) is 34.8 Å². The van der Waals surface area contributed by atoms with Crippen LogP contribution in [0.5, 0.6) is 0 Å². The van der Waals surface area contributed by atoms with Crippen LogP contribution in [0.3, 0.4) is 0 Å². The van der Waals surface area contributed by atoms with E-state index in [1.165, 1.54) is 11.6 Å². The molecule has 1 fully saturated rings. The molecule has 0 aromatic heterocycles. The van der Waals surface area contributed by atoms with Gasteiger partial charge in [0, 0.05) is 25.1 Å². The van der Waals surface area contributed by atoms with Gasteiger partial charge in [0.05, 0.1) is 6.61 Å². The van der Waals surface area contributed by atoms with Crippen molar-refractivity contribution in [1.29, 1.82) is 0 Å². The average Bonchev–Trinajstić information content (AvgIpc) is 2.71. The van der Waals surface area contributed by atoms with Crippen LogP contribution in [0.1, 0.15) is 12.8 Å². The van der Waals surface area contributed by atoms with Crippen LogP contribution in [0, 0.1) is 5.92 Å². The van der Waals surface area contributed by atoms with Gasteiger partial charge in [-0.15, -0.1) is 13.2 Å². The molecule has 0 aromatic rings. The molecule has 1 atom stereocenters. The van der Waals surface area contributed by atoms with E-state index in [-0.39, 0.29) is 12.2 Å². The molecule has 3 rings (SSSR count). The second-order valence-electron chi connectivity index (χ2n) is 4.86. The van der Waals surface area contributed by atoms with Gasteiger partial charge in [-0.3, -0.25) is 0 Å². The van der Waals surface area contributed by atoms with Crippen molar-refractivity contribution in [2.24, 2.45) is 5.92 Å². The Kier molecular flexibility index (Phi) is 3.05. The van der Waals surface area contributed by atoms with Gasteiger partial charge in [0.25, 0.3) is 0 Å². The fourth-order valence-corrected chi connectivity index (χ4v) is 2.80. The summed E-state index contributed by atoms with van der Waals surface area (Å²) in [4.78, 5) is 0. The van der Waals surface area contributed by atoms with E-state index in [0.717, 1.165) is 25.1 Å². The largest absolute Gasteiger partial charge is 0.572 e. The SMILES string of the molecule is FC(F)(F)OC1=CC=C2OCCC3CNCC3=C2C1. The van der Waals surface area contributed by atoms with Crippen LogP contribution >= 0.6 is 0 Å². The minimum atomic E-state index is -4.64. The number of hydrogen-bond acceptors (Lipinski definition) is 3. The minimum absolute atomic E-state index is 0.0742. The molecule has 3 aliphatic rings. The van der Waals surface area contributed by atoms with Gasteiger partial charge in [0.1, 0.15) is 11.5 Å². The van der Waals surface area contributed by atoms with E-state index in [1.54, 1.807) is 6.08 Å². The third kappa shape index (κ3) is 2.63. The molecule has 0 saturated carbocycles. The zero-order valence-corrected chi connectivity index (χ0v) is 10.2.